The van der Waals surface area contributed by atoms with Gasteiger partial charge in [0.25, 0.3) is 0 Å². The molecular weight excluding hydrogens is 444 g/mol. The molecule has 0 aromatic carbocycles. The van der Waals surface area contributed by atoms with Crippen LogP contribution in [0.5, 0.6) is 0 Å². The Bertz CT molecular complexity index is 815. The maximum atomic E-state index is 13.1. The second-order valence-electron chi connectivity index (χ2n) is 8.69. The Morgan fingerprint density at radius 3 is 2.03 bits per heavy atom. The van der Waals surface area contributed by atoms with Crippen molar-refractivity contribution in [2.24, 2.45) is 17.6 Å². The van der Waals surface area contributed by atoms with Crippen molar-refractivity contribution in [1.29, 1.82) is 0 Å². The molecule has 1 heterocycles. The fourth-order valence-corrected chi connectivity index (χ4v) is 3.19. The number of aromatic nitrogens is 2. The van der Waals surface area contributed by atoms with Crippen LogP contribution in [0.3, 0.4) is 0 Å². The largest absolute Gasteiger partial charge is 0.480 e. The Labute approximate surface area is 199 Å². The SMILES string of the molecule is CCC(C)C(N)C(=O)NC(Cc1cnc[nH]1)C(=O)NC(C(=O)NC(C(=O)O)C(C)CC)C(C)O. The summed E-state index contributed by atoms with van der Waals surface area (Å²) < 4.78 is 0. The van der Waals surface area contributed by atoms with Gasteiger partial charge in [-0.2, -0.15) is 0 Å². The number of nitrogens with one attached hydrogen (secondary N) is 4. The van der Waals surface area contributed by atoms with Crippen LogP contribution < -0.4 is 21.7 Å². The Kier molecular flexibility index (Phi) is 11.7. The molecule has 192 valence electrons. The first-order valence-electron chi connectivity index (χ1n) is 11.5. The molecule has 0 aliphatic rings. The van der Waals surface area contributed by atoms with Gasteiger partial charge in [0.1, 0.15) is 18.1 Å². The van der Waals surface area contributed by atoms with E-state index in [-0.39, 0.29) is 18.3 Å². The predicted octanol–water partition coefficient (Wildman–Crippen LogP) is -0.708. The van der Waals surface area contributed by atoms with E-state index in [4.69, 9.17) is 5.73 Å². The van der Waals surface area contributed by atoms with Crippen molar-refractivity contribution < 1.29 is 29.4 Å². The van der Waals surface area contributed by atoms with Gasteiger partial charge in [-0.15, -0.1) is 0 Å². The van der Waals surface area contributed by atoms with E-state index in [2.05, 4.69) is 25.9 Å². The molecule has 0 saturated heterocycles. The fraction of sp³-hybridized carbons (Fsp3) is 0.682. The molecule has 0 bridgehead atoms. The van der Waals surface area contributed by atoms with Crippen LogP contribution >= 0.6 is 0 Å². The number of nitrogens with two attached hydrogens (primary N) is 1. The number of carboxylic acid groups (broad SMARTS) is 1. The van der Waals surface area contributed by atoms with Crippen LogP contribution in [-0.4, -0.2) is 74.1 Å². The third kappa shape index (κ3) is 8.41. The number of imidazole rings is 1. The van der Waals surface area contributed by atoms with Gasteiger partial charge in [0.2, 0.25) is 17.7 Å². The van der Waals surface area contributed by atoms with Gasteiger partial charge in [0, 0.05) is 18.3 Å². The average Bonchev–Trinajstić information content (AvgIpc) is 3.31. The number of carbonyl (C=O) groups is 4. The average molecular weight is 483 g/mol. The molecule has 7 atom stereocenters. The second kappa shape index (κ2) is 13.7. The van der Waals surface area contributed by atoms with Gasteiger partial charge in [0.05, 0.1) is 18.5 Å². The lowest BCUT2D eigenvalue weighted by atomic mass is 9.98. The third-order valence-electron chi connectivity index (χ3n) is 6.01. The van der Waals surface area contributed by atoms with E-state index in [1.807, 2.05) is 13.8 Å². The van der Waals surface area contributed by atoms with Crippen molar-refractivity contribution in [1.82, 2.24) is 25.9 Å². The Morgan fingerprint density at radius 2 is 1.56 bits per heavy atom. The van der Waals surface area contributed by atoms with Gasteiger partial charge in [-0.1, -0.05) is 40.5 Å². The Morgan fingerprint density at radius 1 is 0.971 bits per heavy atom. The Balaban J connectivity index is 3.05. The molecule has 34 heavy (non-hydrogen) atoms. The summed E-state index contributed by atoms with van der Waals surface area (Å²) in [6.07, 6.45) is 2.77. The molecule has 12 heteroatoms. The van der Waals surface area contributed by atoms with E-state index < -0.39 is 54.0 Å². The quantitative estimate of drug-likeness (QED) is 0.180. The zero-order chi connectivity index (χ0) is 26.0. The minimum Gasteiger partial charge on any atom is -0.480 e. The maximum Gasteiger partial charge on any atom is 0.326 e. The van der Waals surface area contributed by atoms with E-state index in [1.165, 1.54) is 19.4 Å². The van der Waals surface area contributed by atoms with Crippen LogP contribution in [0.2, 0.25) is 0 Å². The molecular formula is C22H38N6O6. The summed E-state index contributed by atoms with van der Waals surface area (Å²) in [4.78, 5) is 56.8. The lowest BCUT2D eigenvalue weighted by Gasteiger charge is -2.28. The molecule has 0 aliphatic carbocycles. The van der Waals surface area contributed by atoms with Gasteiger partial charge in [-0.3, -0.25) is 14.4 Å². The molecule has 0 fully saturated rings. The number of aliphatic hydroxyl groups excluding tert-OH is 1. The molecule has 0 spiro atoms. The highest BCUT2D eigenvalue weighted by molar-refractivity contribution is 5.94. The number of hydrogen-bond donors (Lipinski definition) is 7. The van der Waals surface area contributed by atoms with Gasteiger partial charge in [-0.25, -0.2) is 9.78 Å². The van der Waals surface area contributed by atoms with Crippen LogP contribution in [0.4, 0.5) is 0 Å². The van der Waals surface area contributed by atoms with Crippen LogP contribution in [0.15, 0.2) is 12.5 Å². The maximum absolute atomic E-state index is 13.1. The molecule has 0 radical (unpaired) electrons. The number of nitrogens with zero attached hydrogens (tertiary/aromatic N) is 1. The predicted molar refractivity (Wildman–Crippen MR) is 124 cm³/mol. The highest BCUT2D eigenvalue weighted by Gasteiger charge is 2.34. The first kappa shape index (κ1) is 29.0. The van der Waals surface area contributed by atoms with Gasteiger partial charge in [0.15, 0.2) is 0 Å². The summed E-state index contributed by atoms with van der Waals surface area (Å²) in [5.41, 5.74) is 6.55. The number of hydrogen-bond acceptors (Lipinski definition) is 7. The van der Waals surface area contributed by atoms with E-state index in [1.54, 1.807) is 13.8 Å². The lowest BCUT2D eigenvalue weighted by Crippen LogP contribution is -2.61. The summed E-state index contributed by atoms with van der Waals surface area (Å²) in [7, 11) is 0. The number of aliphatic carboxylic acids is 1. The smallest absolute Gasteiger partial charge is 0.326 e. The zero-order valence-electron chi connectivity index (χ0n) is 20.4. The van der Waals surface area contributed by atoms with Crippen LogP contribution in [0.25, 0.3) is 0 Å². The summed E-state index contributed by atoms with van der Waals surface area (Å²) >= 11 is 0. The normalized spacial score (nSPS) is 17.4. The number of amides is 3. The first-order chi connectivity index (χ1) is 15.9. The van der Waals surface area contributed by atoms with Gasteiger partial charge in [-0.05, 0) is 18.8 Å². The zero-order valence-corrected chi connectivity index (χ0v) is 20.4. The molecule has 1 aromatic heterocycles. The van der Waals surface area contributed by atoms with Crippen LogP contribution in [-0.2, 0) is 25.6 Å². The first-order valence-corrected chi connectivity index (χ1v) is 11.5. The van der Waals surface area contributed by atoms with Gasteiger partial charge < -0.3 is 36.9 Å². The van der Waals surface area contributed by atoms with E-state index in [0.29, 0.717) is 18.5 Å². The van der Waals surface area contributed by atoms with Crippen molar-refractivity contribution in [3.05, 3.63) is 18.2 Å². The molecule has 1 aromatic rings. The molecule has 0 saturated carbocycles. The van der Waals surface area contributed by atoms with E-state index >= 15 is 0 Å². The second-order valence-corrected chi connectivity index (χ2v) is 8.69. The standard InChI is InChI=1S/C22H38N6O6/c1-6-11(3)16(23)20(31)26-15(8-14-9-24-10-25-14)19(30)28-18(13(5)29)21(32)27-17(22(33)34)12(4)7-2/h9-13,15-18,29H,6-8,23H2,1-5H3,(H,24,25)(H,26,31)(H,27,32)(H,28,30)(H,33,34). The monoisotopic (exact) mass is 482 g/mol. The number of carbonyl (C=O) groups excluding carboxylic acids is 3. The Hall–Kier alpha value is -2.99. The molecule has 12 nitrogen and oxygen atoms in total. The third-order valence-corrected chi connectivity index (χ3v) is 6.01. The fourth-order valence-electron chi connectivity index (χ4n) is 3.19. The highest BCUT2D eigenvalue weighted by atomic mass is 16.4. The number of H-pyrrole nitrogens is 1. The van der Waals surface area contributed by atoms with Gasteiger partial charge >= 0.3 is 5.97 Å². The number of rotatable bonds is 14. The molecule has 1 rings (SSSR count). The number of aliphatic hydroxyl groups is 1. The summed E-state index contributed by atoms with van der Waals surface area (Å²) in [6, 6.07) is -4.60. The molecule has 7 unspecified atom stereocenters. The van der Waals surface area contributed by atoms with E-state index in [0.717, 1.165) is 0 Å². The molecule has 8 N–H and O–H groups in total. The summed E-state index contributed by atoms with van der Waals surface area (Å²) in [5.74, 6) is -3.84. The van der Waals surface area contributed by atoms with Crippen LogP contribution in [0.1, 0.15) is 53.2 Å². The van der Waals surface area contributed by atoms with Crippen molar-refractivity contribution in [2.75, 3.05) is 0 Å². The van der Waals surface area contributed by atoms with Crippen molar-refractivity contribution in [3.63, 3.8) is 0 Å². The van der Waals surface area contributed by atoms with Crippen molar-refractivity contribution in [2.45, 2.75) is 84.2 Å². The van der Waals surface area contributed by atoms with Crippen molar-refractivity contribution in [3.8, 4) is 0 Å². The topological polar surface area (TPSA) is 200 Å². The molecule has 0 aliphatic heterocycles. The van der Waals surface area contributed by atoms with Crippen LogP contribution in [0, 0.1) is 11.8 Å². The number of carboxylic acids is 1. The van der Waals surface area contributed by atoms with Crippen molar-refractivity contribution >= 4 is 23.7 Å². The minimum atomic E-state index is -1.44. The highest BCUT2D eigenvalue weighted by Crippen LogP contribution is 2.10. The number of aromatic amines is 1. The summed E-state index contributed by atoms with van der Waals surface area (Å²) in [6.45, 7) is 8.46. The minimum absolute atomic E-state index is 0.0313. The summed E-state index contributed by atoms with van der Waals surface area (Å²) in [5, 5.41) is 27.0. The lowest BCUT2D eigenvalue weighted by molar-refractivity contribution is -0.144. The molecule has 3 amide bonds. The van der Waals surface area contributed by atoms with E-state index in [9.17, 15) is 29.4 Å².